The van der Waals surface area contributed by atoms with Crippen molar-refractivity contribution in [1.29, 1.82) is 0 Å². The highest BCUT2D eigenvalue weighted by Crippen LogP contribution is 2.10. The molecule has 0 aliphatic rings. The summed E-state index contributed by atoms with van der Waals surface area (Å²) >= 11 is 0. The van der Waals surface area contributed by atoms with Gasteiger partial charge in [-0.1, -0.05) is 0 Å². The van der Waals surface area contributed by atoms with E-state index in [1.807, 2.05) is 0 Å². The molecule has 2 N–H and O–H groups in total. The Morgan fingerprint density at radius 1 is 1.53 bits per heavy atom. The van der Waals surface area contributed by atoms with Gasteiger partial charge in [-0.15, -0.1) is 0 Å². The number of imidazole rings is 1. The van der Waals surface area contributed by atoms with Gasteiger partial charge in [-0.05, 0) is 6.92 Å². The number of hydrogen-bond acceptors (Lipinski definition) is 4. The van der Waals surface area contributed by atoms with E-state index >= 15 is 0 Å². The molecule has 2 rings (SSSR count). The van der Waals surface area contributed by atoms with Gasteiger partial charge in [0.15, 0.2) is 0 Å². The van der Waals surface area contributed by atoms with Crippen molar-refractivity contribution in [2.45, 2.75) is 18.4 Å². The summed E-state index contributed by atoms with van der Waals surface area (Å²) in [6.45, 7) is 2.51. The van der Waals surface area contributed by atoms with Crippen molar-refractivity contribution in [3.63, 3.8) is 0 Å². The van der Waals surface area contributed by atoms with Gasteiger partial charge in [0.05, 0.1) is 18.2 Å². The molecule has 0 fully saturated rings. The Morgan fingerprint density at radius 2 is 2.35 bits per heavy atom. The molecule has 7 nitrogen and oxygen atoms in total. The molecule has 17 heavy (non-hydrogen) atoms. The fourth-order valence-corrected chi connectivity index (χ4v) is 2.57. The van der Waals surface area contributed by atoms with Gasteiger partial charge in [-0.2, -0.15) is 5.10 Å². The normalized spacial score (nSPS) is 11.8. The molecule has 0 bridgehead atoms. The van der Waals surface area contributed by atoms with Crippen molar-refractivity contribution >= 4 is 10.0 Å². The molecule has 92 valence electrons. The van der Waals surface area contributed by atoms with E-state index in [9.17, 15) is 8.42 Å². The zero-order valence-corrected chi connectivity index (χ0v) is 10.1. The van der Waals surface area contributed by atoms with E-state index in [0.717, 1.165) is 0 Å². The number of hydrogen-bond donors (Lipinski definition) is 2. The van der Waals surface area contributed by atoms with Gasteiger partial charge < -0.3 is 4.57 Å². The van der Waals surface area contributed by atoms with Crippen LogP contribution in [0.4, 0.5) is 0 Å². The average Bonchev–Trinajstić information content (AvgIpc) is 2.88. The molecule has 0 aromatic carbocycles. The Hall–Kier alpha value is -1.67. The van der Waals surface area contributed by atoms with E-state index in [0.29, 0.717) is 18.8 Å². The lowest BCUT2D eigenvalue weighted by Gasteiger charge is -2.05. The molecule has 2 aromatic heterocycles. The molecule has 2 aromatic rings. The molecule has 0 atom stereocenters. The van der Waals surface area contributed by atoms with E-state index in [4.69, 9.17) is 0 Å². The predicted octanol–water partition coefficient (Wildman–Crippen LogP) is -0.107. The number of aromatic amines is 1. The van der Waals surface area contributed by atoms with Gasteiger partial charge in [-0.25, -0.2) is 18.1 Å². The number of nitrogens with one attached hydrogen (secondary N) is 2. The minimum atomic E-state index is -3.48. The third-order valence-corrected chi connectivity index (χ3v) is 3.87. The Bertz CT molecular complexity index is 572. The summed E-state index contributed by atoms with van der Waals surface area (Å²) < 4.78 is 28.0. The quantitative estimate of drug-likeness (QED) is 0.780. The summed E-state index contributed by atoms with van der Waals surface area (Å²) in [6, 6.07) is 0. The third-order valence-electron chi connectivity index (χ3n) is 2.29. The monoisotopic (exact) mass is 255 g/mol. The van der Waals surface area contributed by atoms with Crippen LogP contribution in [0.5, 0.6) is 0 Å². The Balaban J connectivity index is 1.97. The highest BCUT2D eigenvalue weighted by molar-refractivity contribution is 7.89. The van der Waals surface area contributed by atoms with Crippen LogP contribution in [0.1, 0.15) is 5.69 Å². The van der Waals surface area contributed by atoms with Crippen LogP contribution in [0.15, 0.2) is 29.8 Å². The summed E-state index contributed by atoms with van der Waals surface area (Å²) in [7, 11) is -3.48. The summed E-state index contributed by atoms with van der Waals surface area (Å²) in [5.74, 6) is 0. The maximum absolute atomic E-state index is 11.8. The number of rotatable bonds is 5. The molecule has 0 amide bonds. The largest absolute Gasteiger partial charge is 0.336 e. The molecule has 2 heterocycles. The van der Waals surface area contributed by atoms with E-state index in [1.165, 1.54) is 6.20 Å². The van der Waals surface area contributed by atoms with Gasteiger partial charge in [0.25, 0.3) is 0 Å². The van der Waals surface area contributed by atoms with Crippen LogP contribution in [0.25, 0.3) is 0 Å². The minimum Gasteiger partial charge on any atom is -0.336 e. The third kappa shape index (κ3) is 2.71. The van der Waals surface area contributed by atoms with E-state index < -0.39 is 10.0 Å². The van der Waals surface area contributed by atoms with Crippen molar-refractivity contribution in [1.82, 2.24) is 24.5 Å². The second kappa shape index (κ2) is 4.68. The number of nitrogens with zero attached hydrogens (tertiary/aromatic N) is 3. The number of sulfonamides is 1. The summed E-state index contributed by atoms with van der Waals surface area (Å²) in [5, 5.41) is 6.28. The maximum atomic E-state index is 11.8. The SMILES string of the molecule is Cc1[nH]ncc1S(=O)(=O)NCCn1ccnc1. The van der Waals surface area contributed by atoms with Crippen molar-refractivity contribution in [3.05, 3.63) is 30.6 Å². The van der Waals surface area contributed by atoms with Gasteiger partial charge in [0.1, 0.15) is 4.90 Å². The molecule has 0 aliphatic carbocycles. The van der Waals surface area contributed by atoms with E-state index in [1.54, 1.807) is 30.2 Å². The molecule has 0 spiro atoms. The van der Waals surface area contributed by atoms with E-state index in [-0.39, 0.29) is 4.90 Å². The smallest absolute Gasteiger partial charge is 0.244 e. The van der Waals surface area contributed by atoms with Crippen LogP contribution in [0.3, 0.4) is 0 Å². The number of aromatic nitrogens is 4. The zero-order chi connectivity index (χ0) is 12.3. The lowest BCUT2D eigenvalue weighted by atomic mass is 10.5. The van der Waals surface area contributed by atoms with Gasteiger partial charge >= 0.3 is 0 Å². The second-order valence-electron chi connectivity index (χ2n) is 3.56. The first-order chi connectivity index (χ1) is 8.09. The fraction of sp³-hybridized carbons (Fsp3) is 0.333. The van der Waals surface area contributed by atoms with Crippen LogP contribution in [-0.2, 0) is 16.6 Å². The fourth-order valence-electron chi connectivity index (χ4n) is 1.42. The first kappa shape index (κ1) is 11.8. The summed E-state index contributed by atoms with van der Waals surface area (Å²) in [4.78, 5) is 4.06. The zero-order valence-electron chi connectivity index (χ0n) is 9.29. The predicted molar refractivity (Wildman–Crippen MR) is 60.7 cm³/mol. The van der Waals surface area contributed by atoms with Crippen LogP contribution in [-0.4, -0.2) is 34.7 Å². The molecule has 8 heteroatoms. The van der Waals surface area contributed by atoms with Gasteiger partial charge in [0.2, 0.25) is 10.0 Å². The first-order valence-corrected chi connectivity index (χ1v) is 6.53. The molecular weight excluding hydrogens is 242 g/mol. The van der Waals surface area contributed by atoms with Crippen LogP contribution >= 0.6 is 0 Å². The molecule has 0 saturated heterocycles. The Morgan fingerprint density at radius 3 is 2.94 bits per heavy atom. The van der Waals surface area contributed by atoms with E-state index in [2.05, 4.69) is 19.9 Å². The highest BCUT2D eigenvalue weighted by atomic mass is 32.2. The molecule has 0 unspecified atom stereocenters. The second-order valence-corrected chi connectivity index (χ2v) is 5.29. The minimum absolute atomic E-state index is 0.183. The van der Waals surface area contributed by atoms with Crippen LogP contribution < -0.4 is 4.72 Å². The standard InChI is InChI=1S/C9H13N5O2S/c1-8-9(6-11-13-8)17(15,16)12-3-5-14-4-2-10-7-14/h2,4,6-7,12H,3,5H2,1H3,(H,11,13). The molecule has 0 aliphatic heterocycles. The van der Waals surface area contributed by atoms with Crippen molar-refractivity contribution in [2.24, 2.45) is 0 Å². The average molecular weight is 255 g/mol. The number of H-pyrrole nitrogens is 1. The van der Waals surface area contributed by atoms with Crippen LogP contribution in [0, 0.1) is 6.92 Å². The highest BCUT2D eigenvalue weighted by Gasteiger charge is 2.17. The lowest BCUT2D eigenvalue weighted by molar-refractivity contribution is 0.572. The molecular formula is C9H13N5O2S. The summed E-state index contributed by atoms with van der Waals surface area (Å²) in [6.07, 6.45) is 6.36. The van der Waals surface area contributed by atoms with Crippen molar-refractivity contribution in [3.8, 4) is 0 Å². The Kier molecular flexibility index (Phi) is 3.25. The van der Waals surface area contributed by atoms with Gasteiger partial charge in [0, 0.05) is 25.5 Å². The van der Waals surface area contributed by atoms with Gasteiger partial charge in [-0.3, -0.25) is 5.10 Å². The number of aryl methyl sites for hydroxylation is 1. The first-order valence-electron chi connectivity index (χ1n) is 5.05. The van der Waals surface area contributed by atoms with Crippen molar-refractivity contribution in [2.75, 3.05) is 6.54 Å². The molecule has 0 saturated carbocycles. The summed E-state index contributed by atoms with van der Waals surface area (Å²) in [5.41, 5.74) is 0.528. The molecule has 0 radical (unpaired) electrons. The Labute approximate surface area is 98.9 Å². The lowest BCUT2D eigenvalue weighted by Crippen LogP contribution is -2.27. The topological polar surface area (TPSA) is 92.7 Å². The van der Waals surface area contributed by atoms with Crippen LogP contribution in [0.2, 0.25) is 0 Å². The van der Waals surface area contributed by atoms with Crippen molar-refractivity contribution < 1.29 is 8.42 Å². The maximum Gasteiger partial charge on any atom is 0.244 e.